The number of nitrogens with zero attached hydrogens (tertiary/aromatic N) is 4. The van der Waals surface area contributed by atoms with Gasteiger partial charge in [-0.2, -0.15) is 0 Å². The van der Waals surface area contributed by atoms with E-state index in [0.717, 1.165) is 36.0 Å². The summed E-state index contributed by atoms with van der Waals surface area (Å²) in [5.41, 5.74) is 4.58. The van der Waals surface area contributed by atoms with Crippen LogP contribution in [0.1, 0.15) is 17.5 Å². The Morgan fingerprint density at radius 2 is 2.00 bits per heavy atom. The minimum absolute atomic E-state index is 0.141. The Morgan fingerprint density at radius 1 is 1.17 bits per heavy atom. The van der Waals surface area contributed by atoms with Gasteiger partial charge in [-0.1, -0.05) is 36.0 Å². The molecule has 0 saturated carbocycles. The second kappa shape index (κ2) is 8.69. The number of hydrogen-bond acceptors (Lipinski definition) is 5. The summed E-state index contributed by atoms with van der Waals surface area (Å²) >= 11 is 1.44. The van der Waals surface area contributed by atoms with Gasteiger partial charge in [-0.3, -0.25) is 9.36 Å². The first-order valence-corrected chi connectivity index (χ1v) is 10.8. The quantitative estimate of drug-likeness (QED) is 0.632. The van der Waals surface area contributed by atoms with E-state index in [-0.39, 0.29) is 5.91 Å². The average Bonchev–Trinajstić information content (AvgIpc) is 3.39. The number of amides is 1. The highest BCUT2D eigenvalue weighted by molar-refractivity contribution is 7.99. The van der Waals surface area contributed by atoms with Gasteiger partial charge in [0.2, 0.25) is 5.91 Å². The number of thioether (sulfide) groups is 1. The number of para-hydroxylation sites is 1. The van der Waals surface area contributed by atoms with Gasteiger partial charge in [0.1, 0.15) is 6.33 Å². The highest BCUT2D eigenvalue weighted by Gasteiger charge is 2.26. The third-order valence-electron chi connectivity index (χ3n) is 5.30. The maximum absolute atomic E-state index is 12.7. The third-order valence-corrected chi connectivity index (χ3v) is 6.22. The number of aryl methyl sites for hydroxylation is 2. The molecule has 0 aliphatic carbocycles. The van der Waals surface area contributed by atoms with Crippen molar-refractivity contribution in [2.45, 2.75) is 31.5 Å². The second-order valence-corrected chi connectivity index (χ2v) is 8.32. The SMILES string of the molecule is Cc1ccc(-n2cnnc2SCC(=O)N2CCC(Nc3ccccc3)C2)cc1C. The van der Waals surface area contributed by atoms with Gasteiger partial charge in [-0.15, -0.1) is 10.2 Å². The third kappa shape index (κ3) is 4.62. The molecule has 1 amide bonds. The molecule has 29 heavy (non-hydrogen) atoms. The predicted molar refractivity (Wildman–Crippen MR) is 117 cm³/mol. The van der Waals surface area contributed by atoms with Crippen LogP contribution in [0.25, 0.3) is 5.69 Å². The van der Waals surface area contributed by atoms with Crippen molar-refractivity contribution in [3.05, 3.63) is 66.0 Å². The van der Waals surface area contributed by atoms with Crippen LogP contribution >= 0.6 is 11.8 Å². The number of likely N-dealkylation sites (tertiary alicyclic amines) is 1. The van der Waals surface area contributed by atoms with Gasteiger partial charge in [-0.25, -0.2) is 0 Å². The van der Waals surface area contributed by atoms with Crippen LogP contribution in [0.3, 0.4) is 0 Å². The minimum Gasteiger partial charge on any atom is -0.380 e. The molecule has 0 radical (unpaired) electrons. The molecule has 0 bridgehead atoms. The van der Waals surface area contributed by atoms with Crippen LogP contribution in [0.5, 0.6) is 0 Å². The summed E-state index contributed by atoms with van der Waals surface area (Å²) in [4.78, 5) is 14.6. The molecule has 1 aliphatic heterocycles. The summed E-state index contributed by atoms with van der Waals surface area (Å²) < 4.78 is 1.94. The summed E-state index contributed by atoms with van der Waals surface area (Å²) in [7, 11) is 0. The van der Waals surface area contributed by atoms with Crippen LogP contribution in [-0.4, -0.2) is 50.5 Å². The lowest BCUT2D eigenvalue weighted by Gasteiger charge is -2.17. The molecule has 3 aromatic rings. The normalized spacial score (nSPS) is 16.2. The Hall–Kier alpha value is -2.80. The molecule has 2 heterocycles. The monoisotopic (exact) mass is 407 g/mol. The first kappa shape index (κ1) is 19.5. The number of carbonyl (C=O) groups excluding carboxylic acids is 1. The number of benzene rings is 2. The minimum atomic E-state index is 0.141. The molecule has 1 atom stereocenters. The molecule has 1 unspecified atom stereocenters. The van der Waals surface area contributed by atoms with E-state index in [1.807, 2.05) is 27.7 Å². The van der Waals surface area contributed by atoms with Gasteiger partial charge in [0.15, 0.2) is 5.16 Å². The van der Waals surface area contributed by atoms with Gasteiger partial charge in [0.05, 0.1) is 5.75 Å². The van der Waals surface area contributed by atoms with Crippen molar-refractivity contribution in [1.29, 1.82) is 0 Å². The van der Waals surface area contributed by atoms with Crippen LogP contribution in [0.4, 0.5) is 5.69 Å². The molecular weight excluding hydrogens is 382 g/mol. The highest BCUT2D eigenvalue weighted by Crippen LogP contribution is 2.23. The standard InChI is InChI=1S/C22H25N5OS/c1-16-8-9-20(12-17(16)2)27-15-23-25-22(27)29-14-21(28)26-11-10-19(13-26)24-18-6-4-3-5-7-18/h3-9,12,15,19,24H,10-11,13-14H2,1-2H3. The number of aromatic nitrogens is 3. The topological polar surface area (TPSA) is 63.1 Å². The Bertz CT molecular complexity index is 988. The van der Waals surface area contributed by atoms with E-state index < -0.39 is 0 Å². The zero-order valence-electron chi connectivity index (χ0n) is 16.7. The van der Waals surface area contributed by atoms with E-state index in [9.17, 15) is 4.79 Å². The Morgan fingerprint density at radius 3 is 2.79 bits per heavy atom. The lowest BCUT2D eigenvalue weighted by Crippen LogP contribution is -2.32. The smallest absolute Gasteiger partial charge is 0.233 e. The molecule has 2 aromatic carbocycles. The Labute approximate surface area is 175 Å². The molecule has 4 rings (SSSR count). The van der Waals surface area contributed by atoms with Crippen molar-refractivity contribution >= 4 is 23.4 Å². The van der Waals surface area contributed by atoms with Crippen LogP contribution in [-0.2, 0) is 4.79 Å². The van der Waals surface area contributed by atoms with E-state index in [1.54, 1.807) is 6.33 Å². The molecular formula is C22H25N5OS. The van der Waals surface area contributed by atoms with Gasteiger partial charge in [-0.05, 0) is 55.7 Å². The molecule has 7 heteroatoms. The fraction of sp³-hybridized carbons (Fsp3) is 0.318. The number of rotatable bonds is 6. The van der Waals surface area contributed by atoms with Crippen molar-refractivity contribution in [1.82, 2.24) is 19.7 Å². The zero-order chi connectivity index (χ0) is 20.2. The average molecular weight is 408 g/mol. The molecule has 1 aliphatic rings. The van der Waals surface area contributed by atoms with Crippen LogP contribution in [0.2, 0.25) is 0 Å². The maximum atomic E-state index is 12.7. The van der Waals surface area contributed by atoms with Crippen LogP contribution in [0.15, 0.2) is 60.0 Å². The van der Waals surface area contributed by atoms with Crippen molar-refractivity contribution in [2.75, 3.05) is 24.2 Å². The van der Waals surface area contributed by atoms with Crippen LogP contribution < -0.4 is 5.32 Å². The van der Waals surface area contributed by atoms with Gasteiger partial charge in [0, 0.05) is 30.5 Å². The first-order valence-electron chi connectivity index (χ1n) is 9.80. The van der Waals surface area contributed by atoms with E-state index in [4.69, 9.17) is 0 Å². The molecule has 6 nitrogen and oxygen atoms in total. The summed E-state index contributed by atoms with van der Waals surface area (Å²) in [5.74, 6) is 0.503. The second-order valence-electron chi connectivity index (χ2n) is 7.38. The highest BCUT2D eigenvalue weighted by atomic mass is 32.2. The number of nitrogens with one attached hydrogen (secondary N) is 1. The molecule has 0 spiro atoms. The summed E-state index contributed by atoms with van der Waals surface area (Å²) in [6, 6.07) is 16.7. The number of hydrogen-bond donors (Lipinski definition) is 1. The predicted octanol–water partition coefficient (Wildman–Crippen LogP) is 3.69. The van der Waals surface area contributed by atoms with Gasteiger partial charge < -0.3 is 10.2 Å². The lowest BCUT2D eigenvalue weighted by molar-refractivity contribution is -0.127. The number of anilines is 1. The molecule has 1 N–H and O–H groups in total. The van der Waals surface area contributed by atoms with E-state index in [2.05, 4.69) is 59.7 Å². The first-order chi connectivity index (χ1) is 14.1. The Balaban J connectivity index is 1.34. The fourth-order valence-electron chi connectivity index (χ4n) is 3.47. The van der Waals surface area contributed by atoms with Crippen molar-refractivity contribution in [3.63, 3.8) is 0 Å². The summed E-state index contributed by atoms with van der Waals surface area (Å²) in [6.07, 6.45) is 2.66. The molecule has 150 valence electrons. The Kier molecular flexibility index (Phi) is 5.85. The molecule has 1 fully saturated rings. The molecule has 1 saturated heterocycles. The summed E-state index contributed by atoms with van der Waals surface area (Å²) in [5, 5.41) is 12.5. The van der Waals surface area contributed by atoms with Crippen LogP contribution in [0, 0.1) is 13.8 Å². The zero-order valence-corrected chi connectivity index (χ0v) is 17.5. The summed E-state index contributed by atoms with van der Waals surface area (Å²) in [6.45, 7) is 5.70. The maximum Gasteiger partial charge on any atom is 0.233 e. The van der Waals surface area contributed by atoms with Crippen molar-refractivity contribution < 1.29 is 4.79 Å². The van der Waals surface area contributed by atoms with Gasteiger partial charge in [0.25, 0.3) is 0 Å². The fourth-order valence-corrected chi connectivity index (χ4v) is 4.30. The largest absolute Gasteiger partial charge is 0.380 e. The van der Waals surface area contributed by atoms with Crippen molar-refractivity contribution in [2.24, 2.45) is 0 Å². The lowest BCUT2D eigenvalue weighted by atomic mass is 10.1. The van der Waals surface area contributed by atoms with Crippen molar-refractivity contribution in [3.8, 4) is 5.69 Å². The van der Waals surface area contributed by atoms with E-state index >= 15 is 0 Å². The number of carbonyl (C=O) groups is 1. The van der Waals surface area contributed by atoms with Gasteiger partial charge >= 0.3 is 0 Å². The van der Waals surface area contributed by atoms with E-state index in [1.165, 1.54) is 22.9 Å². The van der Waals surface area contributed by atoms with E-state index in [0.29, 0.717) is 11.8 Å². The molecule has 1 aromatic heterocycles.